The van der Waals surface area contributed by atoms with Crippen LogP contribution in [0.3, 0.4) is 0 Å². The third-order valence-corrected chi connectivity index (χ3v) is 4.93. The highest BCUT2D eigenvalue weighted by Crippen LogP contribution is 2.46. The molecule has 2 aliphatic rings. The summed E-state index contributed by atoms with van der Waals surface area (Å²) in [5.74, 6) is 0. The van der Waals surface area contributed by atoms with E-state index in [0.29, 0.717) is 5.41 Å². The Morgan fingerprint density at radius 3 is 2.00 bits per heavy atom. The zero-order chi connectivity index (χ0) is 15.0. The quantitative estimate of drug-likeness (QED) is 0.741. The van der Waals surface area contributed by atoms with Crippen molar-refractivity contribution in [2.75, 3.05) is 13.1 Å². The molecule has 1 spiro atoms. The highest BCUT2D eigenvalue weighted by molar-refractivity contribution is 5.68. The van der Waals surface area contributed by atoms with Crippen LogP contribution in [0.2, 0.25) is 0 Å². The van der Waals surface area contributed by atoms with E-state index in [9.17, 15) is 4.79 Å². The second-order valence-electron chi connectivity index (χ2n) is 8.12. The van der Waals surface area contributed by atoms with Crippen LogP contribution >= 0.6 is 0 Å². The van der Waals surface area contributed by atoms with E-state index in [4.69, 9.17) is 10.5 Å². The first kappa shape index (κ1) is 15.6. The number of hydrogen-bond acceptors (Lipinski definition) is 3. The largest absolute Gasteiger partial charge is 0.444 e. The van der Waals surface area contributed by atoms with Crippen LogP contribution in [-0.4, -0.2) is 35.2 Å². The molecule has 116 valence electrons. The third-order valence-electron chi connectivity index (χ3n) is 4.93. The molecule has 20 heavy (non-hydrogen) atoms. The Balaban J connectivity index is 1.85. The molecule has 0 atom stereocenters. The van der Waals surface area contributed by atoms with E-state index in [1.807, 2.05) is 25.7 Å². The average molecular weight is 282 g/mol. The fourth-order valence-corrected chi connectivity index (χ4v) is 3.34. The monoisotopic (exact) mass is 282 g/mol. The summed E-state index contributed by atoms with van der Waals surface area (Å²) >= 11 is 0. The number of ether oxygens (including phenoxy) is 1. The summed E-state index contributed by atoms with van der Waals surface area (Å²) in [5.41, 5.74) is 6.27. The molecule has 0 aromatic carbocycles. The van der Waals surface area contributed by atoms with Gasteiger partial charge in [-0.2, -0.15) is 0 Å². The number of likely N-dealkylation sites (tertiary alicyclic amines) is 1. The molecule has 0 radical (unpaired) electrons. The molecule has 1 saturated heterocycles. The molecule has 2 N–H and O–H groups in total. The fraction of sp³-hybridized carbons (Fsp3) is 0.938. The number of nitrogens with zero attached hydrogens (tertiary/aromatic N) is 1. The van der Waals surface area contributed by atoms with Gasteiger partial charge in [0, 0.05) is 18.6 Å². The highest BCUT2D eigenvalue weighted by Gasteiger charge is 2.41. The molecule has 1 heterocycles. The summed E-state index contributed by atoms with van der Waals surface area (Å²) in [5, 5.41) is 0. The molecule has 1 aliphatic carbocycles. The lowest BCUT2D eigenvalue weighted by Crippen LogP contribution is -2.49. The zero-order valence-corrected chi connectivity index (χ0v) is 13.5. The second kappa shape index (κ2) is 5.21. The summed E-state index contributed by atoms with van der Waals surface area (Å²) in [6, 6.07) is 0. The molecular formula is C16H30N2O2. The number of carbonyl (C=O) groups is 1. The SMILES string of the molecule is CC1(N)CCC2(CCN(C(=O)OC(C)(C)C)CC2)CC1. The van der Waals surface area contributed by atoms with E-state index < -0.39 is 5.60 Å². The van der Waals surface area contributed by atoms with Crippen molar-refractivity contribution in [2.24, 2.45) is 11.1 Å². The van der Waals surface area contributed by atoms with E-state index in [1.54, 1.807) is 0 Å². The topological polar surface area (TPSA) is 55.6 Å². The zero-order valence-electron chi connectivity index (χ0n) is 13.5. The van der Waals surface area contributed by atoms with Crippen molar-refractivity contribution < 1.29 is 9.53 Å². The Morgan fingerprint density at radius 2 is 1.55 bits per heavy atom. The predicted molar refractivity (Wildman–Crippen MR) is 80.5 cm³/mol. The molecule has 4 heteroatoms. The molecule has 0 aromatic rings. The molecular weight excluding hydrogens is 252 g/mol. The predicted octanol–water partition coefficient (Wildman–Crippen LogP) is 3.30. The summed E-state index contributed by atoms with van der Waals surface area (Å²) in [7, 11) is 0. The van der Waals surface area contributed by atoms with Gasteiger partial charge in [-0.1, -0.05) is 0 Å². The standard InChI is InChI=1S/C16H30N2O2/c1-14(2,3)20-13(19)18-11-9-16(10-12-18)7-5-15(4,17)6-8-16/h5-12,17H2,1-4H3. The minimum absolute atomic E-state index is 0.0214. The Kier molecular flexibility index (Phi) is 4.07. The molecule has 0 aromatic heterocycles. The second-order valence-corrected chi connectivity index (χ2v) is 8.12. The van der Waals surface area contributed by atoms with Crippen LogP contribution in [-0.2, 0) is 4.74 Å². The number of nitrogens with two attached hydrogens (primary N) is 1. The van der Waals surface area contributed by atoms with Crippen LogP contribution in [0.1, 0.15) is 66.2 Å². The van der Waals surface area contributed by atoms with E-state index in [2.05, 4.69) is 6.92 Å². The third kappa shape index (κ3) is 3.87. The van der Waals surface area contributed by atoms with E-state index in [1.165, 1.54) is 12.8 Å². The Bertz CT molecular complexity index is 351. The first-order valence-electron chi connectivity index (χ1n) is 7.88. The van der Waals surface area contributed by atoms with Crippen molar-refractivity contribution in [3.05, 3.63) is 0 Å². The van der Waals surface area contributed by atoms with Crippen LogP contribution in [0.25, 0.3) is 0 Å². The average Bonchev–Trinajstić information content (AvgIpc) is 2.32. The van der Waals surface area contributed by atoms with Crippen molar-refractivity contribution in [2.45, 2.75) is 77.4 Å². The maximum absolute atomic E-state index is 12.1. The van der Waals surface area contributed by atoms with Gasteiger partial charge in [0.2, 0.25) is 0 Å². The van der Waals surface area contributed by atoms with Crippen molar-refractivity contribution in [3.8, 4) is 0 Å². The summed E-state index contributed by atoms with van der Waals surface area (Å²) in [4.78, 5) is 13.9. The van der Waals surface area contributed by atoms with Crippen molar-refractivity contribution >= 4 is 6.09 Å². The van der Waals surface area contributed by atoms with E-state index in [-0.39, 0.29) is 11.6 Å². The van der Waals surface area contributed by atoms with Crippen molar-refractivity contribution in [1.82, 2.24) is 4.90 Å². The van der Waals surface area contributed by atoms with Crippen LogP contribution in [0.4, 0.5) is 4.79 Å². The Hall–Kier alpha value is -0.770. The van der Waals surface area contributed by atoms with Gasteiger partial charge in [0.25, 0.3) is 0 Å². The van der Waals surface area contributed by atoms with Gasteiger partial charge in [-0.15, -0.1) is 0 Å². The molecule has 0 unspecified atom stereocenters. The number of rotatable bonds is 0. The molecule has 0 bridgehead atoms. The Morgan fingerprint density at radius 1 is 1.05 bits per heavy atom. The first-order valence-corrected chi connectivity index (χ1v) is 7.88. The first-order chi connectivity index (χ1) is 9.11. The van der Waals surface area contributed by atoms with Gasteiger partial charge in [-0.05, 0) is 71.6 Å². The van der Waals surface area contributed by atoms with Crippen LogP contribution in [0.15, 0.2) is 0 Å². The highest BCUT2D eigenvalue weighted by atomic mass is 16.6. The van der Waals surface area contributed by atoms with Crippen LogP contribution in [0, 0.1) is 5.41 Å². The van der Waals surface area contributed by atoms with Gasteiger partial charge in [-0.3, -0.25) is 0 Å². The molecule has 4 nitrogen and oxygen atoms in total. The fourth-order valence-electron chi connectivity index (χ4n) is 3.34. The normalized spacial score (nSPS) is 25.6. The Labute approximate surface area is 123 Å². The molecule has 1 aliphatic heterocycles. The van der Waals surface area contributed by atoms with Crippen LogP contribution in [0.5, 0.6) is 0 Å². The van der Waals surface area contributed by atoms with Gasteiger partial charge in [-0.25, -0.2) is 4.79 Å². The summed E-state index contributed by atoms with van der Waals surface area (Å²) in [6.07, 6.45) is 6.68. The van der Waals surface area contributed by atoms with Gasteiger partial charge >= 0.3 is 6.09 Å². The van der Waals surface area contributed by atoms with Gasteiger partial charge < -0.3 is 15.4 Å². The molecule has 2 rings (SSSR count). The number of amides is 1. The number of piperidine rings is 1. The smallest absolute Gasteiger partial charge is 0.410 e. The van der Waals surface area contributed by atoms with Crippen molar-refractivity contribution in [1.29, 1.82) is 0 Å². The minimum atomic E-state index is -0.404. The van der Waals surface area contributed by atoms with Crippen molar-refractivity contribution in [3.63, 3.8) is 0 Å². The van der Waals surface area contributed by atoms with Crippen LogP contribution < -0.4 is 5.73 Å². The summed E-state index contributed by atoms with van der Waals surface area (Å²) in [6.45, 7) is 9.57. The molecule has 2 fully saturated rings. The maximum atomic E-state index is 12.1. The maximum Gasteiger partial charge on any atom is 0.410 e. The summed E-state index contributed by atoms with van der Waals surface area (Å²) < 4.78 is 5.45. The number of hydrogen-bond donors (Lipinski definition) is 1. The molecule has 1 saturated carbocycles. The van der Waals surface area contributed by atoms with Gasteiger partial charge in [0.1, 0.15) is 5.60 Å². The number of carbonyl (C=O) groups excluding carboxylic acids is 1. The molecule has 1 amide bonds. The lowest BCUT2D eigenvalue weighted by atomic mass is 9.64. The van der Waals surface area contributed by atoms with E-state index >= 15 is 0 Å². The minimum Gasteiger partial charge on any atom is -0.444 e. The van der Waals surface area contributed by atoms with Gasteiger partial charge in [0.05, 0.1) is 0 Å². The lowest BCUT2D eigenvalue weighted by molar-refractivity contribution is 0.000487. The lowest BCUT2D eigenvalue weighted by Gasteiger charge is -2.48. The van der Waals surface area contributed by atoms with E-state index in [0.717, 1.165) is 38.8 Å². The van der Waals surface area contributed by atoms with Gasteiger partial charge in [0.15, 0.2) is 0 Å².